The number of rotatable bonds is 17. The van der Waals surface area contributed by atoms with Crippen molar-refractivity contribution in [2.45, 2.75) is 45.4 Å². The highest BCUT2D eigenvalue weighted by molar-refractivity contribution is 5.82. The molecule has 0 fully saturated rings. The fourth-order valence-electron chi connectivity index (χ4n) is 5.09. The summed E-state index contributed by atoms with van der Waals surface area (Å²) >= 11 is 0. The van der Waals surface area contributed by atoms with Gasteiger partial charge in [0, 0.05) is 13.1 Å². The van der Waals surface area contributed by atoms with E-state index in [2.05, 4.69) is 16.7 Å². The lowest BCUT2D eigenvalue weighted by atomic mass is 10.0. The van der Waals surface area contributed by atoms with Crippen molar-refractivity contribution in [3.63, 3.8) is 0 Å². The predicted octanol–water partition coefficient (Wildman–Crippen LogP) is 6.52. The SMILES string of the molecule is O=C(CNCc1cccc(-c2cccc(CNC(CC(=O)OCc3ccccc3)C(=O)OCc3ccccc3)c2)c1)OCc1ccccc1. The quantitative estimate of drug-likeness (QED) is 0.0862. The number of ether oxygens (including phenoxy) is 3. The Kier molecular flexibility index (Phi) is 13.3. The molecule has 8 nitrogen and oxygen atoms in total. The van der Waals surface area contributed by atoms with Crippen molar-refractivity contribution in [3.8, 4) is 11.1 Å². The Morgan fingerprint density at radius 3 is 1.47 bits per heavy atom. The lowest BCUT2D eigenvalue weighted by molar-refractivity contribution is -0.154. The molecule has 0 aliphatic heterocycles. The molecule has 0 spiro atoms. The number of esters is 3. The lowest BCUT2D eigenvalue weighted by Crippen LogP contribution is -2.39. The summed E-state index contributed by atoms with van der Waals surface area (Å²) in [5.41, 5.74) is 6.62. The average molecular weight is 657 g/mol. The molecule has 5 rings (SSSR count). The topological polar surface area (TPSA) is 103 Å². The third kappa shape index (κ3) is 11.9. The third-order valence-electron chi connectivity index (χ3n) is 7.70. The molecule has 0 aliphatic rings. The molecular formula is C41H40N2O6. The number of carbonyl (C=O) groups excluding carboxylic acids is 3. The first-order valence-electron chi connectivity index (χ1n) is 16.2. The summed E-state index contributed by atoms with van der Waals surface area (Å²) in [5.74, 6) is -1.34. The molecule has 2 N–H and O–H groups in total. The van der Waals surface area contributed by atoms with Crippen LogP contribution in [0.2, 0.25) is 0 Å². The van der Waals surface area contributed by atoms with Crippen molar-refractivity contribution in [1.29, 1.82) is 0 Å². The Bertz CT molecular complexity index is 1780. The van der Waals surface area contributed by atoms with Gasteiger partial charge >= 0.3 is 17.9 Å². The maximum Gasteiger partial charge on any atom is 0.324 e. The van der Waals surface area contributed by atoms with E-state index in [1.165, 1.54) is 0 Å². The largest absolute Gasteiger partial charge is 0.461 e. The van der Waals surface area contributed by atoms with Gasteiger partial charge < -0.3 is 19.5 Å². The van der Waals surface area contributed by atoms with Gasteiger partial charge in [-0.25, -0.2) is 0 Å². The third-order valence-corrected chi connectivity index (χ3v) is 7.70. The molecule has 0 aromatic heterocycles. The fourth-order valence-corrected chi connectivity index (χ4v) is 5.09. The van der Waals surface area contributed by atoms with Crippen LogP contribution in [0, 0.1) is 0 Å². The van der Waals surface area contributed by atoms with Crippen LogP contribution in [-0.4, -0.2) is 30.5 Å². The molecule has 250 valence electrons. The van der Waals surface area contributed by atoms with E-state index in [0.717, 1.165) is 38.9 Å². The molecule has 5 aromatic rings. The van der Waals surface area contributed by atoms with E-state index in [9.17, 15) is 14.4 Å². The number of benzene rings is 5. The molecule has 0 bridgehead atoms. The van der Waals surface area contributed by atoms with Gasteiger partial charge in [-0.05, 0) is 51.1 Å². The van der Waals surface area contributed by atoms with Crippen molar-refractivity contribution >= 4 is 17.9 Å². The van der Waals surface area contributed by atoms with Crippen molar-refractivity contribution in [2.24, 2.45) is 0 Å². The van der Waals surface area contributed by atoms with Crippen LogP contribution < -0.4 is 10.6 Å². The highest BCUT2D eigenvalue weighted by atomic mass is 16.5. The summed E-state index contributed by atoms with van der Waals surface area (Å²) in [4.78, 5) is 38.2. The lowest BCUT2D eigenvalue weighted by Gasteiger charge is -2.18. The summed E-state index contributed by atoms with van der Waals surface area (Å²) in [5, 5.41) is 6.38. The van der Waals surface area contributed by atoms with Gasteiger partial charge in [-0.3, -0.25) is 19.7 Å². The smallest absolute Gasteiger partial charge is 0.324 e. The number of nitrogens with one attached hydrogen (secondary N) is 2. The maximum absolute atomic E-state index is 13.2. The molecule has 0 saturated heterocycles. The van der Waals surface area contributed by atoms with E-state index in [1.54, 1.807) is 0 Å². The maximum atomic E-state index is 13.2. The molecule has 0 radical (unpaired) electrons. The molecule has 1 atom stereocenters. The van der Waals surface area contributed by atoms with Crippen LogP contribution in [0.25, 0.3) is 11.1 Å². The van der Waals surface area contributed by atoms with Crippen molar-refractivity contribution in [2.75, 3.05) is 6.54 Å². The molecule has 0 heterocycles. The van der Waals surface area contributed by atoms with Crippen LogP contribution in [-0.2, 0) is 61.5 Å². The van der Waals surface area contributed by atoms with Gasteiger partial charge in [-0.15, -0.1) is 0 Å². The van der Waals surface area contributed by atoms with E-state index >= 15 is 0 Å². The Balaban J connectivity index is 1.16. The highest BCUT2D eigenvalue weighted by Gasteiger charge is 2.24. The van der Waals surface area contributed by atoms with E-state index in [1.807, 2.05) is 133 Å². The van der Waals surface area contributed by atoms with Gasteiger partial charge in [0.2, 0.25) is 0 Å². The minimum absolute atomic E-state index is 0.104. The van der Waals surface area contributed by atoms with Gasteiger partial charge in [0.05, 0.1) is 13.0 Å². The van der Waals surface area contributed by atoms with Crippen LogP contribution in [0.1, 0.15) is 34.2 Å². The van der Waals surface area contributed by atoms with Crippen LogP contribution in [0.5, 0.6) is 0 Å². The van der Waals surface area contributed by atoms with Crippen molar-refractivity contribution in [1.82, 2.24) is 10.6 Å². The van der Waals surface area contributed by atoms with Gasteiger partial charge in [-0.2, -0.15) is 0 Å². The van der Waals surface area contributed by atoms with Gasteiger partial charge in [0.15, 0.2) is 0 Å². The van der Waals surface area contributed by atoms with Crippen LogP contribution in [0.4, 0.5) is 0 Å². The van der Waals surface area contributed by atoms with Gasteiger partial charge in [0.25, 0.3) is 0 Å². The highest BCUT2D eigenvalue weighted by Crippen LogP contribution is 2.22. The molecule has 1 unspecified atom stereocenters. The molecule has 0 amide bonds. The molecule has 5 aromatic carbocycles. The predicted molar refractivity (Wildman–Crippen MR) is 188 cm³/mol. The van der Waals surface area contributed by atoms with E-state index in [0.29, 0.717) is 13.1 Å². The fraction of sp³-hybridized carbons (Fsp3) is 0.195. The average Bonchev–Trinajstić information content (AvgIpc) is 3.15. The second-order valence-corrected chi connectivity index (χ2v) is 11.5. The second kappa shape index (κ2) is 18.7. The number of hydrogen-bond donors (Lipinski definition) is 2. The summed E-state index contributed by atoms with van der Waals surface area (Å²) in [6.45, 7) is 1.41. The molecule has 8 heteroatoms. The van der Waals surface area contributed by atoms with E-state index in [-0.39, 0.29) is 38.8 Å². The number of hydrogen-bond acceptors (Lipinski definition) is 8. The Morgan fingerprint density at radius 1 is 0.490 bits per heavy atom. The number of carbonyl (C=O) groups is 3. The summed E-state index contributed by atoms with van der Waals surface area (Å²) in [6.07, 6.45) is -0.172. The van der Waals surface area contributed by atoms with Gasteiger partial charge in [0.1, 0.15) is 25.9 Å². The van der Waals surface area contributed by atoms with Crippen molar-refractivity contribution in [3.05, 3.63) is 167 Å². The van der Waals surface area contributed by atoms with Crippen LogP contribution in [0.3, 0.4) is 0 Å². The molecule has 0 aliphatic carbocycles. The zero-order chi connectivity index (χ0) is 34.1. The molecule has 49 heavy (non-hydrogen) atoms. The zero-order valence-corrected chi connectivity index (χ0v) is 27.3. The first-order chi connectivity index (χ1) is 24.0. The van der Waals surface area contributed by atoms with Crippen LogP contribution in [0.15, 0.2) is 140 Å². The van der Waals surface area contributed by atoms with Gasteiger partial charge in [-0.1, -0.05) is 127 Å². The first kappa shape index (κ1) is 34.8. The van der Waals surface area contributed by atoms with Crippen molar-refractivity contribution < 1.29 is 28.6 Å². The Morgan fingerprint density at radius 2 is 0.939 bits per heavy atom. The monoisotopic (exact) mass is 656 g/mol. The normalized spacial score (nSPS) is 11.3. The minimum Gasteiger partial charge on any atom is -0.461 e. The zero-order valence-electron chi connectivity index (χ0n) is 27.3. The standard InChI is InChI=1S/C41H40N2O6/c44-39(47-28-31-12-4-1-5-13-31)24-38(41(46)49-30-33-16-8-3-9-17-33)43-26-35-19-11-21-37(23-35)36-20-10-18-34(22-36)25-42-27-40(45)48-29-32-14-6-2-7-15-32/h1-23,38,42-43H,24-30H2. The van der Waals surface area contributed by atoms with E-state index in [4.69, 9.17) is 14.2 Å². The summed E-state index contributed by atoms with van der Waals surface area (Å²) in [6, 6.07) is 43.5. The second-order valence-electron chi connectivity index (χ2n) is 11.5. The molecule has 0 saturated carbocycles. The first-order valence-corrected chi connectivity index (χ1v) is 16.2. The Hall–Kier alpha value is -5.57. The van der Waals surface area contributed by atoms with Crippen LogP contribution >= 0.6 is 0 Å². The summed E-state index contributed by atoms with van der Waals surface area (Å²) < 4.78 is 16.4. The Labute approximate surface area is 287 Å². The minimum atomic E-state index is -0.899. The molecular weight excluding hydrogens is 616 g/mol. The van der Waals surface area contributed by atoms with E-state index < -0.39 is 18.0 Å². The summed E-state index contributed by atoms with van der Waals surface area (Å²) in [7, 11) is 0.